The van der Waals surface area contributed by atoms with Gasteiger partial charge in [-0.25, -0.2) is 4.79 Å². The SMILES string of the molecule is C.CC(C)C[C@@H](O)C(=O)O.COC(=O)C[C@H](N)c1cccc(-c2ccccc2C)c1.COC(=O)C[C@H](NC(=O)[C@H](O)CC(C)C)c1cccc(-c2ccccc2C)c1. The van der Waals surface area contributed by atoms with Gasteiger partial charge in [0.2, 0.25) is 5.91 Å². The normalized spacial score (nSPS) is 12.6. The van der Waals surface area contributed by atoms with E-state index in [1.165, 1.54) is 25.3 Å². The molecule has 0 saturated carbocycles. The minimum atomic E-state index is -1.19. The topological polar surface area (TPSA) is 185 Å². The number of ether oxygens (including phenoxy) is 2. The zero-order valence-electron chi connectivity index (χ0n) is 34.4. The van der Waals surface area contributed by atoms with E-state index in [-0.39, 0.29) is 44.1 Å². The van der Waals surface area contributed by atoms with Crippen LogP contribution in [-0.4, -0.2) is 65.6 Å². The number of aryl methyl sites for hydroxylation is 2. The first-order valence-corrected chi connectivity index (χ1v) is 19.1. The van der Waals surface area contributed by atoms with Gasteiger partial charge in [-0.3, -0.25) is 14.4 Å². The molecule has 58 heavy (non-hydrogen) atoms. The van der Waals surface area contributed by atoms with Crippen molar-refractivity contribution >= 4 is 23.8 Å². The minimum absolute atomic E-state index is 0. The van der Waals surface area contributed by atoms with Gasteiger partial charge in [-0.1, -0.05) is 120 Å². The van der Waals surface area contributed by atoms with Gasteiger partial charge in [0.05, 0.1) is 33.1 Å². The molecule has 0 fully saturated rings. The second-order valence-electron chi connectivity index (χ2n) is 14.7. The number of nitrogens with one attached hydrogen (secondary N) is 1. The van der Waals surface area contributed by atoms with Crippen molar-refractivity contribution in [1.82, 2.24) is 5.32 Å². The highest BCUT2D eigenvalue weighted by atomic mass is 16.5. The maximum atomic E-state index is 12.4. The van der Waals surface area contributed by atoms with Crippen molar-refractivity contribution in [3.63, 3.8) is 0 Å². The molecule has 0 bridgehead atoms. The molecule has 0 saturated heterocycles. The Morgan fingerprint density at radius 3 is 1.50 bits per heavy atom. The maximum absolute atomic E-state index is 12.4. The summed E-state index contributed by atoms with van der Waals surface area (Å²) in [6, 6.07) is 31.0. The number of carboxylic acid groups (broad SMARTS) is 1. The highest BCUT2D eigenvalue weighted by molar-refractivity contribution is 5.82. The quantitative estimate of drug-likeness (QED) is 0.0736. The van der Waals surface area contributed by atoms with Gasteiger partial charge in [-0.2, -0.15) is 0 Å². The van der Waals surface area contributed by atoms with Gasteiger partial charge in [0.15, 0.2) is 6.10 Å². The number of aliphatic carboxylic acids is 1. The third kappa shape index (κ3) is 17.4. The van der Waals surface area contributed by atoms with Crippen LogP contribution >= 0.6 is 0 Å². The van der Waals surface area contributed by atoms with Crippen LogP contribution in [0.15, 0.2) is 97.1 Å². The van der Waals surface area contributed by atoms with E-state index < -0.39 is 36.1 Å². The van der Waals surface area contributed by atoms with E-state index in [1.807, 2.05) is 113 Å². The monoisotopic (exact) mass is 800 g/mol. The van der Waals surface area contributed by atoms with Gasteiger partial charge < -0.3 is 35.8 Å². The predicted molar refractivity (Wildman–Crippen MR) is 230 cm³/mol. The summed E-state index contributed by atoms with van der Waals surface area (Å²) in [5.41, 5.74) is 14.5. The molecule has 0 aromatic heterocycles. The summed E-state index contributed by atoms with van der Waals surface area (Å²) in [6.45, 7) is 11.7. The van der Waals surface area contributed by atoms with Crippen LogP contribution in [0.25, 0.3) is 22.3 Å². The molecule has 0 aliphatic rings. The van der Waals surface area contributed by atoms with Gasteiger partial charge in [0.1, 0.15) is 6.10 Å². The molecule has 316 valence electrons. The lowest BCUT2D eigenvalue weighted by atomic mass is 9.95. The maximum Gasteiger partial charge on any atom is 0.332 e. The second kappa shape index (κ2) is 25.8. The van der Waals surface area contributed by atoms with Gasteiger partial charge in [-0.15, -0.1) is 0 Å². The minimum Gasteiger partial charge on any atom is -0.479 e. The Hall–Kier alpha value is -5.36. The molecule has 11 heteroatoms. The van der Waals surface area contributed by atoms with Crippen LogP contribution in [0.3, 0.4) is 0 Å². The summed E-state index contributed by atoms with van der Waals surface area (Å²) in [7, 11) is 2.69. The molecule has 0 spiro atoms. The Morgan fingerprint density at radius 2 is 1.07 bits per heavy atom. The molecule has 0 aliphatic heterocycles. The number of hydrogen-bond acceptors (Lipinski definition) is 9. The number of nitrogens with two attached hydrogens (primary N) is 1. The number of aliphatic hydroxyl groups is 2. The molecule has 0 radical (unpaired) electrons. The molecule has 4 aromatic rings. The number of rotatable bonds is 15. The lowest BCUT2D eigenvalue weighted by Crippen LogP contribution is -2.38. The van der Waals surface area contributed by atoms with E-state index >= 15 is 0 Å². The van der Waals surface area contributed by atoms with E-state index in [0.717, 1.165) is 33.4 Å². The lowest BCUT2D eigenvalue weighted by Gasteiger charge is -2.22. The van der Waals surface area contributed by atoms with E-state index in [9.17, 15) is 24.3 Å². The lowest BCUT2D eigenvalue weighted by molar-refractivity contribution is -0.147. The Balaban J connectivity index is 0.000000488. The second-order valence-corrected chi connectivity index (χ2v) is 14.7. The average molecular weight is 801 g/mol. The van der Waals surface area contributed by atoms with Crippen molar-refractivity contribution in [2.24, 2.45) is 17.6 Å². The van der Waals surface area contributed by atoms with Crippen LogP contribution < -0.4 is 11.1 Å². The first kappa shape index (κ1) is 50.7. The first-order valence-electron chi connectivity index (χ1n) is 19.1. The molecule has 4 atom stereocenters. The van der Waals surface area contributed by atoms with E-state index in [0.29, 0.717) is 12.8 Å². The number of benzene rings is 4. The molecule has 0 unspecified atom stereocenters. The number of carboxylic acids is 1. The average Bonchev–Trinajstić information content (AvgIpc) is 3.17. The van der Waals surface area contributed by atoms with Crippen LogP contribution in [0.2, 0.25) is 0 Å². The summed E-state index contributed by atoms with van der Waals surface area (Å²) in [5.74, 6) is -1.92. The van der Waals surface area contributed by atoms with Gasteiger partial charge in [-0.05, 0) is 95.2 Å². The third-order valence-electron chi connectivity index (χ3n) is 9.02. The largest absolute Gasteiger partial charge is 0.479 e. The van der Waals surface area contributed by atoms with Crippen LogP contribution in [0.4, 0.5) is 0 Å². The van der Waals surface area contributed by atoms with Crippen molar-refractivity contribution < 1.29 is 44.0 Å². The fourth-order valence-corrected chi connectivity index (χ4v) is 5.91. The summed E-state index contributed by atoms with van der Waals surface area (Å²) in [4.78, 5) is 45.6. The van der Waals surface area contributed by atoms with Crippen LogP contribution in [0.5, 0.6) is 0 Å². The van der Waals surface area contributed by atoms with E-state index in [4.69, 9.17) is 20.7 Å². The zero-order chi connectivity index (χ0) is 42.7. The first-order chi connectivity index (χ1) is 27.0. The van der Waals surface area contributed by atoms with Crippen molar-refractivity contribution in [3.05, 3.63) is 119 Å². The number of carbonyl (C=O) groups excluding carboxylic acids is 3. The van der Waals surface area contributed by atoms with Crippen LogP contribution in [0, 0.1) is 25.7 Å². The number of carbonyl (C=O) groups is 4. The van der Waals surface area contributed by atoms with Crippen LogP contribution in [-0.2, 0) is 28.7 Å². The highest BCUT2D eigenvalue weighted by Gasteiger charge is 2.24. The van der Waals surface area contributed by atoms with Crippen molar-refractivity contribution in [2.45, 2.75) is 98.9 Å². The smallest absolute Gasteiger partial charge is 0.332 e. The third-order valence-corrected chi connectivity index (χ3v) is 9.02. The van der Waals surface area contributed by atoms with Crippen molar-refractivity contribution in [2.75, 3.05) is 14.2 Å². The van der Waals surface area contributed by atoms with Crippen molar-refractivity contribution in [3.8, 4) is 22.3 Å². The highest BCUT2D eigenvalue weighted by Crippen LogP contribution is 2.28. The summed E-state index contributed by atoms with van der Waals surface area (Å²) in [5, 5.41) is 29.8. The molecule has 4 rings (SSSR count). The number of methoxy groups -OCH3 is 2. The molecule has 0 heterocycles. The molecule has 11 nitrogen and oxygen atoms in total. The van der Waals surface area contributed by atoms with Crippen LogP contribution in [0.1, 0.15) is 95.1 Å². The van der Waals surface area contributed by atoms with E-state index in [1.54, 1.807) is 0 Å². The molecule has 0 aliphatic carbocycles. The zero-order valence-corrected chi connectivity index (χ0v) is 34.4. The summed E-state index contributed by atoms with van der Waals surface area (Å²) in [6.07, 6.45) is -1.43. The van der Waals surface area contributed by atoms with E-state index in [2.05, 4.69) is 35.2 Å². The Bertz CT molecular complexity index is 1890. The number of esters is 2. The number of aliphatic hydroxyl groups excluding tert-OH is 2. The van der Waals surface area contributed by atoms with Crippen molar-refractivity contribution in [1.29, 1.82) is 0 Å². The Kier molecular flexibility index (Phi) is 22.5. The Labute approximate surface area is 344 Å². The molecular weight excluding hydrogens is 737 g/mol. The number of amides is 1. The molecule has 4 aromatic carbocycles. The standard InChI is InChI=1S/C23H29NO4.C17H19NO2.C6H12O3.CH4/c1-15(2)12-21(25)23(27)24-20(14-22(26)28-4)18-10-7-9-17(13-18)19-11-6-5-8-16(19)3;1-12-6-3-4-9-15(12)13-7-5-8-14(10-13)16(18)11-17(19)20-2;1-4(2)3-5(7)6(8)9;/h5-11,13,15,20-21,25H,12,14H2,1-4H3,(H,24,27);3-10,16H,11,18H2,1-2H3;4-5,7H,3H2,1-2H3,(H,8,9);1H4/t20-,21+;16-;5-;/m001./s1. The fourth-order valence-electron chi connectivity index (χ4n) is 5.91. The fraction of sp³-hybridized carbons (Fsp3) is 0.404. The molecule has 6 N–H and O–H groups in total. The Morgan fingerprint density at radius 1 is 0.638 bits per heavy atom. The molecule has 1 amide bonds. The predicted octanol–water partition coefficient (Wildman–Crippen LogP) is 8.13. The summed E-state index contributed by atoms with van der Waals surface area (Å²) >= 11 is 0. The van der Waals surface area contributed by atoms with Gasteiger partial charge >= 0.3 is 17.9 Å². The van der Waals surface area contributed by atoms with Gasteiger partial charge in [0, 0.05) is 6.04 Å². The number of hydrogen-bond donors (Lipinski definition) is 5. The summed E-state index contributed by atoms with van der Waals surface area (Å²) < 4.78 is 9.45. The van der Waals surface area contributed by atoms with Gasteiger partial charge in [0.25, 0.3) is 0 Å². The molecular formula is C47H64N2O9.